The average molecular weight is 272 g/mol. The highest BCUT2D eigenvalue weighted by Gasteiger charge is 2.23. The van der Waals surface area contributed by atoms with Crippen LogP contribution in [0, 0.1) is 5.92 Å². The molecular weight excluding hydrogens is 254 g/mol. The number of nitrogens with one attached hydrogen (secondary N) is 1. The molecule has 2 atom stereocenters. The maximum absolute atomic E-state index is 5.94. The molecule has 1 aliphatic rings. The van der Waals surface area contributed by atoms with Gasteiger partial charge in [-0.2, -0.15) is 0 Å². The Kier molecular flexibility index (Phi) is 4.74. The summed E-state index contributed by atoms with van der Waals surface area (Å²) in [4.78, 5) is 8.42. The Labute approximate surface area is 112 Å². The van der Waals surface area contributed by atoms with Crippen LogP contribution in [0.15, 0.2) is 6.07 Å². The van der Waals surface area contributed by atoms with Crippen molar-refractivity contribution in [1.29, 1.82) is 0 Å². The van der Waals surface area contributed by atoms with E-state index in [4.69, 9.17) is 21.1 Å². The summed E-state index contributed by atoms with van der Waals surface area (Å²) in [6.07, 6.45) is 1.38. The molecule has 0 spiro atoms. The maximum Gasteiger partial charge on any atom is 0.158 e. The quantitative estimate of drug-likeness (QED) is 0.832. The first-order valence-corrected chi connectivity index (χ1v) is 6.44. The van der Waals surface area contributed by atoms with Crippen molar-refractivity contribution >= 4 is 17.4 Å². The number of hydrogen-bond donors (Lipinski definition) is 1. The highest BCUT2D eigenvalue weighted by molar-refractivity contribution is 6.29. The molecule has 18 heavy (non-hydrogen) atoms. The largest absolute Gasteiger partial charge is 0.378 e. The van der Waals surface area contributed by atoms with E-state index >= 15 is 0 Å². The minimum absolute atomic E-state index is 0.299. The van der Waals surface area contributed by atoms with Crippen molar-refractivity contribution < 1.29 is 9.47 Å². The van der Waals surface area contributed by atoms with E-state index in [9.17, 15) is 0 Å². The topological polar surface area (TPSA) is 56.3 Å². The number of ether oxygens (including phenoxy) is 2. The van der Waals surface area contributed by atoms with Gasteiger partial charge in [-0.15, -0.1) is 0 Å². The van der Waals surface area contributed by atoms with Gasteiger partial charge in [0.05, 0.1) is 6.10 Å². The van der Waals surface area contributed by atoms with Gasteiger partial charge in [-0.25, -0.2) is 9.97 Å². The number of aromatic nitrogens is 2. The van der Waals surface area contributed by atoms with Crippen LogP contribution in [0.25, 0.3) is 0 Å². The lowest BCUT2D eigenvalue weighted by atomic mass is 10.0. The summed E-state index contributed by atoms with van der Waals surface area (Å²) < 4.78 is 10.5. The fourth-order valence-electron chi connectivity index (χ4n) is 2.03. The van der Waals surface area contributed by atoms with Crippen LogP contribution in [0.1, 0.15) is 19.2 Å². The Morgan fingerprint density at radius 3 is 3.06 bits per heavy atom. The lowest BCUT2D eigenvalue weighted by Gasteiger charge is -2.15. The molecular formula is C12H18ClN3O2. The van der Waals surface area contributed by atoms with E-state index in [0.29, 0.717) is 29.6 Å². The molecule has 1 fully saturated rings. The second-order valence-electron chi connectivity index (χ2n) is 4.43. The summed E-state index contributed by atoms with van der Waals surface area (Å²) in [5.41, 5.74) is 0. The molecule has 0 amide bonds. The molecule has 6 heteroatoms. The molecule has 2 heterocycles. The van der Waals surface area contributed by atoms with Crippen molar-refractivity contribution in [1.82, 2.24) is 9.97 Å². The van der Waals surface area contributed by atoms with Crippen molar-refractivity contribution in [2.24, 2.45) is 5.92 Å². The minimum atomic E-state index is 0.299. The molecule has 1 aliphatic heterocycles. The Morgan fingerprint density at radius 2 is 2.39 bits per heavy atom. The van der Waals surface area contributed by atoms with Gasteiger partial charge in [0.1, 0.15) is 17.6 Å². The first kappa shape index (κ1) is 13.5. The number of anilines is 1. The van der Waals surface area contributed by atoms with Gasteiger partial charge in [0.25, 0.3) is 0 Å². The number of hydrogen-bond acceptors (Lipinski definition) is 5. The molecule has 0 aromatic carbocycles. The third kappa shape index (κ3) is 3.54. The van der Waals surface area contributed by atoms with Gasteiger partial charge in [-0.05, 0) is 13.3 Å². The molecule has 0 aliphatic carbocycles. The van der Waals surface area contributed by atoms with Crippen molar-refractivity contribution in [3.05, 3.63) is 17.0 Å². The summed E-state index contributed by atoms with van der Waals surface area (Å²) in [6.45, 7) is 4.13. The molecule has 1 aromatic heterocycles. The second-order valence-corrected chi connectivity index (χ2v) is 4.82. The normalized spacial score (nSPS) is 23.3. The third-order valence-corrected chi connectivity index (χ3v) is 3.29. The van der Waals surface area contributed by atoms with Gasteiger partial charge in [0.2, 0.25) is 0 Å². The Morgan fingerprint density at radius 1 is 1.56 bits per heavy atom. The molecule has 100 valence electrons. The second kappa shape index (κ2) is 6.31. The fourth-order valence-corrected chi connectivity index (χ4v) is 2.23. The lowest BCUT2D eigenvalue weighted by Crippen LogP contribution is -2.21. The van der Waals surface area contributed by atoms with E-state index in [-0.39, 0.29) is 0 Å². The van der Waals surface area contributed by atoms with Gasteiger partial charge in [-0.1, -0.05) is 11.6 Å². The average Bonchev–Trinajstić information content (AvgIpc) is 2.72. The molecule has 1 N–H and O–H groups in total. The van der Waals surface area contributed by atoms with Crippen molar-refractivity contribution in [2.45, 2.75) is 26.1 Å². The van der Waals surface area contributed by atoms with Crippen molar-refractivity contribution in [3.63, 3.8) is 0 Å². The number of halogens is 1. The van der Waals surface area contributed by atoms with Gasteiger partial charge in [-0.3, -0.25) is 0 Å². The summed E-state index contributed by atoms with van der Waals surface area (Å²) in [5.74, 6) is 1.84. The first-order chi connectivity index (χ1) is 8.69. The molecule has 0 saturated carbocycles. The van der Waals surface area contributed by atoms with Crippen LogP contribution in [0.4, 0.5) is 5.82 Å². The van der Waals surface area contributed by atoms with Gasteiger partial charge < -0.3 is 14.8 Å². The predicted molar refractivity (Wildman–Crippen MR) is 69.8 cm³/mol. The maximum atomic E-state index is 5.94. The molecule has 1 saturated heterocycles. The number of rotatable bonds is 5. The summed E-state index contributed by atoms with van der Waals surface area (Å²) in [7, 11) is 1.61. The summed E-state index contributed by atoms with van der Waals surface area (Å²) in [6, 6.07) is 1.72. The Bertz CT molecular complexity index is 403. The van der Waals surface area contributed by atoms with Crippen LogP contribution in [0.2, 0.25) is 5.15 Å². The zero-order valence-corrected chi connectivity index (χ0v) is 11.4. The highest BCUT2D eigenvalue weighted by Crippen LogP contribution is 2.21. The number of nitrogens with zero attached hydrogens (tertiary/aromatic N) is 2. The smallest absolute Gasteiger partial charge is 0.158 e. The fraction of sp³-hybridized carbons (Fsp3) is 0.667. The van der Waals surface area contributed by atoms with E-state index in [1.165, 1.54) is 0 Å². The van der Waals surface area contributed by atoms with Crippen LogP contribution >= 0.6 is 11.6 Å². The highest BCUT2D eigenvalue weighted by atomic mass is 35.5. The number of methoxy groups -OCH3 is 1. The van der Waals surface area contributed by atoms with Crippen molar-refractivity contribution in [3.8, 4) is 0 Å². The Hall–Kier alpha value is -0.910. The van der Waals surface area contributed by atoms with Gasteiger partial charge >= 0.3 is 0 Å². The lowest BCUT2D eigenvalue weighted by molar-refractivity contribution is 0.108. The zero-order chi connectivity index (χ0) is 13.0. The minimum Gasteiger partial charge on any atom is -0.378 e. The van der Waals surface area contributed by atoms with E-state index in [1.54, 1.807) is 13.2 Å². The first-order valence-electron chi connectivity index (χ1n) is 6.07. The van der Waals surface area contributed by atoms with Crippen LogP contribution in [0.5, 0.6) is 0 Å². The van der Waals surface area contributed by atoms with Gasteiger partial charge in [0.15, 0.2) is 5.82 Å². The summed E-state index contributed by atoms with van der Waals surface area (Å²) in [5, 5.41) is 3.71. The van der Waals surface area contributed by atoms with E-state index < -0.39 is 0 Å². The Balaban J connectivity index is 1.95. The van der Waals surface area contributed by atoms with Gasteiger partial charge in [0, 0.05) is 32.2 Å². The van der Waals surface area contributed by atoms with E-state index in [1.807, 2.05) is 0 Å². The SMILES string of the molecule is COCc1nc(Cl)cc(NCC2CCOC2C)n1. The predicted octanol–water partition coefficient (Wildman–Crippen LogP) is 2.11. The van der Waals surface area contributed by atoms with Crippen LogP contribution in [-0.4, -0.2) is 36.3 Å². The van der Waals surface area contributed by atoms with Crippen molar-refractivity contribution in [2.75, 3.05) is 25.6 Å². The standard InChI is InChI=1S/C12H18ClN3O2/c1-8-9(3-4-18-8)6-14-11-5-10(13)15-12(16-11)7-17-2/h5,8-9H,3-4,6-7H2,1-2H3,(H,14,15,16). The molecule has 0 radical (unpaired) electrons. The third-order valence-electron chi connectivity index (χ3n) is 3.09. The molecule has 1 aromatic rings. The monoisotopic (exact) mass is 271 g/mol. The molecule has 5 nitrogen and oxygen atoms in total. The molecule has 2 rings (SSSR count). The van der Waals surface area contributed by atoms with E-state index in [0.717, 1.165) is 25.4 Å². The molecule has 0 bridgehead atoms. The van der Waals surface area contributed by atoms with Crippen LogP contribution < -0.4 is 5.32 Å². The zero-order valence-electron chi connectivity index (χ0n) is 10.6. The molecule has 2 unspecified atom stereocenters. The van der Waals surface area contributed by atoms with E-state index in [2.05, 4.69) is 22.2 Å². The van der Waals surface area contributed by atoms with Crippen LogP contribution in [0.3, 0.4) is 0 Å². The summed E-state index contributed by atoms with van der Waals surface area (Å²) >= 11 is 5.94. The van der Waals surface area contributed by atoms with Crippen LogP contribution in [-0.2, 0) is 16.1 Å².